The molecule has 2 heterocycles. The molecule has 24 heavy (non-hydrogen) atoms. The standard InChI is InChI=1S/C20H23N3S/c1-3-23(4-2)12-8-11-16-13-22-20(21)18-17(14-24-19(16)18)15-9-6-5-7-10-15/h5-11,13-14H,3-4,12H2,1-2H3,(H2,21,22). The molecule has 0 aliphatic rings. The molecule has 2 N–H and O–H groups in total. The number of likely N-dealkylation sites (N-methyl/N-ethyl adjacent to an activating group) is 1. The maximum absolute atomic E-state index is 6.19. The van der Waals surface area contributed by atoms with Gasteiger partial charge in [0, 0.05) is 34.0 Å². The van der Waals surface area contributed by atoms with Crippen LogP contribution >= 0.6 is 11.3 Å². The van der Waals surface area contributed by atoms with Gasteiger partial charge in [-0.1, -0.05) is 56.3 Å². The van der Waals surface area contributed by atoms with Crippen LogP contribution in [0.2, 0.25) is 0 Å². The van der Waals surface area contributed by atoms with Crippen LogP contribution in [0.5, 0.6) is 0 Å². The van der Waals surface area contributed by atoms with E-state index in [1.165, 1.54) is 15.8 Å². The molecule has 0 saturated carbocycles. The molecule has 0 amide bonds. The summed E-state index contributed by atoms with van der Waals surface area (Å²) in [7, 11) is 0. The van der Waals surface area contributed by atoms with E-state index in [2.05, 4.69) is 65.5 Å². The number of hydrogen-bond acceptors (Lipinski definition) is 4. The molecular weight excluding hydrogens is 314 g/mol. The van der Waals surface area contributed by atoms with Crippen molar-refractivity contribution in [3.05, 3.63) is 53.5 Å². The zero-order valence-electron chi connectivity index (χ0n) is 14.2. The molecule has 0 saturated heterocycles. The van der Waals surface area contributed by atoms with Crippen LogP contribution in [0.4, 0.5) is 5.82 Å². The summed E-state index contributed by atoms with van der Waals surface area (Å²) in [5.41, 5.74) is 9.68. The van der Waals surface area contributed by atoms with Gasteiger partial charge < -0.3 is 10.6 Å². The lowest BCUT2D eigenvalue weighted by Crippen LogP contribution is -2.22. The van der Waals surface area contributed by atoms with E-state index < -0.39 is 0 Å². The Hall–Kier alpha value is -2.17. The number of thiophene rings is 1. The Labute approximate surface area is 147 Å². The quantitative estimate of drug-likeness (QED) is 0.695. The number of benzene rings is 1. The molecule has 0 aliphatic carbocycles. The van der Waals surface area contributed by atoms with Gasteiger partial charge in [-0.05, 0) is 24.0 Å². The first kappa shape index (κ1) is 16.7. The average Bonchev–Trinajstić information content (AvgIpc) is 3.07. The molecule has 0 spiro atoms. The van der Waals surface area contributed by atoms with Crippen molar-refractivity contribution in [3.8, 4) is 11.1 Å². The van der Waals surface area contributed by atoms with Gasteiger partial charge in [0.25, 0.3) is 0 Å². The number of fused-ring (bicyclic) bond motifs is 1. The summed E-state index contributed by atoms with van der Waals surface area (Å²) in [6, 6.07) is 10.4. The van der Waals surface area contributed by atoms with Crippen molar-refractivity contribution < 1.29 is 0 Å². The highest BCUT2D eigenvalue weighted by Gasteiger charge is 2.12. The van der Waals surface area contributed by atoms with Crippen molar-refractivity contribution in [2.45, 2.75) is 13.8 Å². The van der Waals surface area contributed by atoms with Gasteiger partial charge in [-0.2, -0.15) is 0 Å². The monoisotopic (exact) mass is 337 g/mol. The lowest BCUT2D eigenvalue weighted by atomic mass is 10.0. The Kier molecular flexibility index (Phi) is 5.28. The molecule has 0 fully saturated rings. The summed E-state index contributed by atoms with van der Waals surface area (Å²) in [4.78, 5) is 6.80. The number of aromatic nitrogens is 1. The maximum Gasteiger partial charge on any atom is 0.132 e. The van der Waals surface area contributed by atoms with Crippen LogP contribution in [0.25, 0.3) is 27.3 Å². The fraction of sp³-hybridized carbons (Fsp3) is 0.250. The van der Waals surface area contributed by atoms with Crippen LogP contribution in [0.15, 0.2) is 48.0 Å². The fourth-order valence-electron chi connectivity index (χ4n) is 2.85. The summed E-state index contributed by atoms with van der Waals surface area (Å²) in [5, 5.41) is 3.25. The van der Waals surface area contributed by atoms with Crippen molar-refractivity contribution in [1.82, 2.24) is 9.88 Å². The van der Waals surface area contributed by atoms with Crippen LogP contribution in [-0.2, 0) is 0 Å². The number of anilines is 1. The molecule has 3 aromatic rings. The molecule has 1 aromatic carbocycles. The van der Waals surface area contributed by atoms with Gasteiger partial charge in [0.2, 0.25) is 0 Å². The molecule has 4 heteroatoms. The molecule has 124 valence electrons. The summed E-state index contributed by atoms with van der Waals surface area (Å²) >= 11 is 1.74. The van der Waals surface area contributed by atoms with Crippen LogP contribution in [0.3, 0.4) is 0 Å². The van der Waals surface area contributed by atoms with Gasteiger partial charge in [-0.3, -0.25) is 0 Å². The highest BCUT2D eigenvalue weighted by Crippen LogP contribution is 2.38. The predicted octanol–water partition coefficient (Wildman–Crippen LogP) is 4.90. The van der Waals surface area contributed by atoms with E-state index in [0.717, 1.165) is 30.6 Å². The highest BCUT2D eigenvalue weighted by atomic mass is 32.1. The Morgan fingerprint density at radius 3 is 2.62 bits per heavy atom. The Balaban J connectivity index is 1.98. The van der Waals surface area contributed by atoms with E-state index in [9.17, 15) is 0 Å². The third-order valence-electron chi connectivity index (χ3n) is 4.29. The fourth-order valence-corrected chi connectivity index (χ4v) is 3.93. The number of nitrogens with two attached hydrogens (primary N) is 1. The Morgan fingerprint density at radius 1 is 1.17 bits per heavy atom. The van der Waals surface area contributed by atoms with E-state index in [1.54, 1.807) is 11.3 Å². The first-order valence-corrected chi connectivity index (χ1v) is 9.22. The van der Waals surface area contributed by atoms with Gasteiger partial charge in [0.05, 0.1) is 0 Å². The lowest BCUT2D eigenvalue weighted by Gasteiger charge is -2.14. The van der Waals surface area contributed by atoms with E-state index in [-0.39, 0.29) is 0 Å². The Morgan fingerprint density at radius 2 is 1.92 bits per heavy atom. The molecule has 0 bridgehead atoms. The number of hydrogen-bond donors (Lipinski definition) is 1. The van der Waals surface area contributed by atoms with Crippen molar-refractivity contribution in [2.75, 3.05) is 25.4 Å². The minimum absolute atomic E-state index is 0.603. The van der Waals surface area contributed by atoms with Gasteiger partial charge in [0.15, 0.2) is 0 Å². The summed E-state index contributed by atoms with van der Waals surface area (Å²) in [6.07, 6.45) is 6.25. The van der Waals surface area contributed by atoms with Crippen molar-refractivity contribution in [2.24, 2.45) is 0 Å². The number of pyridine rings is 1. The first-order valence-electron chi connectivity index (χ1n) is 8.34. The van der Waals surface area contributed by atoms with Gasteiger partial charge in [-0.15, -0.1) is 11.3 Å². The van der Waals surface area contributed by atoms with Crippen LogP contribution in [0.1, 0.15) is 19.4 Å². The molecule has 0 radical (unpaired) electrons. The zero-order chi connectivity index (χ0) is 16.9. The van der Waals surface area contributed by atoms with Gasteiger partial charge >= 0.3 is 0 Å². The van der Waals surface area contributed by atoms with E-state index in [4.69, 9.17) is 5.73 Å². The van der Waals surface area contributed by atoms with Crippen LogP contribution in [0, 0.1) is 0 Å². The highest BCUT2D eigenvalue weighted by molar-refractivity contribution is 7.18. The van der Waals surface area contributed by atoms with Gasteiger partial charge in [0.1, 0.15) is 5.82 Å². The molecule has 0 atom stereocenters. The minimum Gasteiger partial charge on any atom is -0.383 e. The van der Waals surface area contributed by atoms with Crippen molar-refractivity contribution in [1.29, 1.82) is 0 Å². The predicted molar refractivity (Wildman–Crippen MR) is 106 cm³/mol. The third-order valence-corrected chi connectivity index (χ3v) is 5.32. The SMILES string of the molecule is CCN(CC)CC=Cc1cnc(N)c2c(-c3ccccc3)csc12. The summed E-state index contributed by atoms with van der Waals surface area (Å²) in [5.74, 6) is 0.603. The minimum atomic E-state index is 0.603. The second-order valence-electron chi connectivity index (χ2n) is 5.71. The second kappa shape index (κ2) is 7.60. The number of nitrogen functional groups attached to an aromatic ring is 1. The zero-order valence-corrected chi connectivity index (χ0v) is 15.0. The van der Waals surface area contributed by atoms with Crippen molar-refractivity contribution in [3.63, 3.8) is 0 Å². The van der Waals surface area contributed by atoms with Crippen LogP contribution < -0.4 is 5.73 Å². The number of nitrogens with zero attached hydrogens (tertiary/aromatic N) is 2. The Bertz CT molecular complexity index is 833. The summed E-state index contributed by atoms with van der Waals surface area (Å²) in [6.45, 7) is 7.45. The van der Waals surface area contributed by atoms with Crippen molar-refractivity contribution >= 4 is 33.3 Å². The normalized spacial score (nSPS) is 11.8. The van der Waals surface area contributed by atoms with Gasteiger partial charge in [-0.25, -0.2) is 4.98 Å². The molecule has 0 aliphatic heterocycles. The molecule has 3 nitrogen and oxygen atoms in total. The largest absolute Gasteiger partial charge is 0.383 e. The molecule has 2 aromatic heterocycles. The van der Waals surface area contributed by atoms with Crippen LogP contribution in [-0.4, -0.2) is 29.5 Å². The maximum atomic E-state index is 6.19. The third kappa shape index (κ3) is 3.35. The molecule has 0 unspecified atom stereocenters. The first-order chi connectivity index (χ1) is 11.7. The summed E-state index contributed by atoms with van der Waals surface area (Å²) < 4.78 is 1.21. The van der Waals surface area contributed by atoms with E-state index >= 15 is 0 Å². The lowest BCUT2D eigenvalue weighted by molar-refractivity contribution is 0.338. The average molecular weight is 337 g/mol. The molecule has 3 rings (SSSR count). The second-order valence-corrected chi connectivity index (χ2v) is 6.59. The smallest absolute Gasteiger partial charge is 0.132 e. The number of rotatable bonds is 6. The topological polar surface area (TPSA) is 42.2 Å². The van der Waals surface area contributed by atoms with E-state index in [0.29, 0.717) is 5.82 Å². The molecular formula is C20H23N3S. The van der Waals surface area contributed by atoms with E-state index in [1.807, 2.05) is 12.3 Å².